The van der Waals surface area contributed by atoms with E-state index in [1.54, 1.807) is 12.1 Å². The van der Waals surface area contributed by atoms with Crippen LogP contribution in [0, 0.1) is 0 Å². The predicted octanol–water partition coefficient (Wildman–Crippen LogP) is 5.27. The van der Waals surface area contributed by atoms with Crippen molar-refractivity contribution in [3.8, 4) is 5.75 Å². The summed E-state index contributed by atoms with van der Waals surface area (Å²) in [7, 11) is -7.20. The summed E-state index contributed by atoms with van der Waals surface area (Å²) in [6.07, 6.45) is 3.13. The smallest absolute Gasteiger partial charge is 0.306 e. The molecule has 3 aromatic rings. The molecule has 0 spiro atoms. The Bertz CT molecular complexity index is 1560. The van der Waals surface area contributed by atoms with Crippen molar-refractivity contribution in [3.05, 3.63) is 95.6 Å². The number of hydrogen-bond donors (Lipinski definition) is 0. The molecule has 3 aromatic carbocycles. The molecule has 8 nitrogen and oxygen atoms in total. The molecule has 42 heavy (non-hydrogen) atoms. The summed E-state index contributed by atoms with van der Waals surface area (Å²) in [5.74, 6) is 0.235. The largest absolute Gasteiger partial charge is 0.383 e. The number of hydrogen-bond acceptors (Lipinski definition) is 8. The maximum atomic E-state index is 11.7. The van der Waals surface area contributed by atoms with E-state index in [2.05, 4.69) is 47.9 Å². The highest BCUT2D eigenvalue weighted by Gasteiger charge is 2.20. The number of nitrogens with zero attached hydrogens (tertiary/aromatic N) is 2. The van der Waals surface area contributed by atoms with Crippen molar-refractivity contribution in [2.75, 3.05) is 50.2 Å². The van der Waals surface area contributed by atoms with Gasteiger partial charge in [-0.1, -0.05) is 54.6 Å². The summed E-state index contributed by atoms with van der Waals surface area (Å²) in [5.41, 5.74) is 6.07. The van der Waals surface area contributed by atoms with E-state index in [-0.39, 0.29) is 12.4 Å². The van der Waals surface area contributed by atoms with Gasteiger partial charge in [-0.05, 0) is 78.8 Å². The molecule has 0 atom stereocenters. The summed E-state index contributed by atoms with van der Waals surface area (Å²) in [6.45, 7) is 8.53. The van der Waals surface area contributed by atoms with Crippen molar-refractivity contribution in [2.45, 2.75) is 32.7 Å². The van der Waals surface area contributed by atoms with E-state index in [1.807, 2.05) is 42.5 Å². The van der Waals surface area contributed by atoms with Crippen LogP contribution < -0.4 is 9.08 Å². The fraction of sp³-hybridized carbons (Fsp3) is 0.375. The highest BCUT2D eigenvalue weighted by molar-refractivity contribution is 7.86. The second kappa shape index (κ2) is 13.9. The molecule has 1 heterocycles. The zero-order valence-electron chi connectivity index (χ0n) is 24.7. The molecular weight excluding hydrogens is 572 g/mol. The molecule has 0 saturated carbocycles. The summed E-state index contributed by atoms with van der Waals surface area (Å²) in [5, 5.41) is 0. The van der Waals surface area contributed by atoms with Crippen LogP contribution in [0.3, 0.4) is 0 Å². The first kappa shape index (κ1) is 31.7. The van der Waals surface area contributed by atoms with Gasteiger partial charge in [0.25, 0.3) is 10.1 Å². The third kappa shape index (κ3) is 9.16. The minimum Gasteiger partial charge on any atom is -0.383 e. The van der Waals surface area contributed by atoms with E-state index in [1.165, 1.54) is 5.69 Å². The zero-order valence-corrected chi connectivity index (χ0v) is 26.3. The van der Waals surface area contributed by atoms with Gasteiger partial charge < -0.3 is 9.08 Å². The van der Waals surface area contributed by atoms with Gasteiger partial charge in [0.1, 0.15) is 5.75 Å². The molecule has 0 unspecified atom stereocenters. The van der Waals surface area contributed by atoms with Gasteiger partial charge in [0, 0.05) is 37.9 Å². The van der Waals surface area contributed by atoms with E-state index in [0.29, 0.717) is 18.9 Å². The lowest BCUT2D eigenvalue weighted by Gasteiger charge is -2.38. The van der Waals surface area contributed by atoms with Crippen molar-refractivity contribution in [3.63, 3.8) is 0 Å². The lowest BCUT2D eigenvalue weighted by molar-refractivity contribution is 0.209. The third-order valence-electron chi connectivity index (χ3n) is 7.25. The van der Waals surface area contributed by atoms with Gasteiger partial charge >= 0.3 is 10.1 Å². The predicted molar refractivity (Wildman–Crippen MR) is 170 cm³/mol. The van der Waals surface area contributed by atoms with Gasteiger partial charge in [0.2, 0.25) is 0 Å². The van der Waals surface area contributed by atoms with Gasteiger partial charge in [-0.3, -0.25) is 9.08 Å². The molecule has 0 radical (unpaired) electrons. The molecule has 1 aliphatic rings. The number of allylic oxidation sites excluding steroid dienone is 1. The van der Waals surface area contributed by atoms with Crippen LogP contribution >= 0.6 is 0 Å². The molecule has 0 N–H and O–H groups in total. The summed E-state index contributed by atoms with van der Waals surface area (Å²) >= 11 is 0. The molecule has 10 heteroatoms. The quantitative estimate of drug-likeness (QED) is 0.155. The van der Waals surface area contributed by atoms with Gasteiger partial charge in [-0.2, -0.15) is 16.8 Å². The van der Waals surface area contributed by atoms with E-state index < -0.39 is 20.2 Å². The molecule has 0 aromatic heterocycles. The first-order valence-corrected chi connectivity index (χ1v) is 17.8. The van der Waals surface area contributed by atoms with Crippen LogP contribution in [0.1, 0.15) is 43.4 Å². The monoisotopic (exact) mass is 612 g/mol. The van der Waals surface area contributed by atoms with Crippen LogP contribution in [0.4, 0.5) is 5.69 Å². The van der Waals surface area contributed by atoms with Crippen molar-refractivity contribution < 1.29 is 25.2 Å². The average molecular weight is 613 g/mol. The Morgan fingerprint density at radius 3 is 1.83 bits per heavy atom. The first-order valence-electron chi connectivity index (χ1n) is 14.1. The Morgan fingerprint density at radius 2 is 1.31 bits per heavy atom. The summed E-state index contributed by atoms with van der Waals surface area (Å²) in [6, 6.07) is 26.1. The minimum absolute atomic E-state index is 0.0743. The molecule has 4 rings (SSSR count). The standard InChI is InChI=1S/C32H40N2O6S2/c1-25(2)33-20-22-34(23-21-33)29-16-12-27(13-17-29)32(28-14-18-30(19-15-28)40-42(4,37)38)31(26-9-6-5-7-10-26)11-8-24-39-41(3,35)36/h5-7,9-10,12-19,25H,8,11,20-24H2,1-4H3/b32-31+. The highest BCUT2D eigenvalue weighted by atomic mass is 32.2. The molecule has 0 amide bonds. The van der Waals surface area contributed by atoms with E-state index >= 15 is 0 Å². The zero-order chi connectivity index (χ0) is 30.3. The molecule has 226 valence electrons. The van der Waals surface area contributed by atoms with Crippen LogP contribution in [0.15, 0.2) is 78.9 Å². The Balaban J connectivity index is 1.74. The molecular formula is C32H40N2O6S2. The fourth-order valence-corrected chi connectivity index (χ4v) is 6.10. The average Bonchev–Trinajstić information content (AvgIpc) is 2.95. The number of anilines is 1. The van der Waals surface area contributed by atoms with E-state index in [9.17, 15) is 16.8 Å². The van der Waals surface area contributed by atoms with E-state index in [0.717, 1.165) is 66.5 Å². The van der Waals surface area contributed by atoms with Crippen LogP contribution in [-0.4, -0.2) is 73.1 Å². The Labute approximate surface area is 250 Å². The van der Waals surface area contributed by atoms with Crippen molar-refractivity contribution in [2.24, 2.45) is 0 Å². The number of piperazine rings is 1. The maximum absolute atomic E-state index is 11.7. The topological polar surface area (TPSA) is 93.2 Å². The summed E-state index contributed by atoms with van der Waals surface area (Å²) < 4.78 is 56.6. The third-order valence-corrected chi connectivity index (χ3v) is 8.34. The maximum Gasteiger partial charge on any atom is 0.306 e. The van der Waals surface area contributed by atoms with Gasteiger partial charge in [0.15, 0.2) is 0 Å². The van der Waals surface area contributed by atoms with E-state index in [4.69, 9.17) is 8.37 Å². The Kier molecular flexibility index (Phi) is 10.5. The lowest BCUT2D eigenvalue weighted by Crippen LogP contribution is -2.48. The molecule has 1 saturated heterocycles. The highest BCUT2D eigenvalue weighted by Crippen LogP contribution is 2.37. The molecule has 1 aliphatic heterocycles. The second-order valence-electron chi connectivity index (χ2n) is 10.8. The van der Waals surface area contributed by atoms with Crippen LogP contribution in [0.5, 0.6) is 5.75 Å². The van der Waals surface area contributed by atoms with Crippen LogP contribution in [0.25, 0.3) is 11.1 Å². The van der Waals surface area contributed by atoms with Crippen molar-refractivity contribution >= 4 is 37.1 Å². The van der Waals surface area contributed by atoms with Crippen molar-refractivity contribution in [1.29, 1.82) is 0 Å². The first-order chi connectivity index (χ1) is 19.9. The SMILES string of the molecule is CC(C)N1CCN(c2ccc(/C(=C(/CCCOS(C)(=O)=O)c3ccccc3)c3ccc(OS(C)(=O)=O)cc3)cc2)CC1. The fourth-order valence-electron chi connectivity index (χ4n) is 5.21. The molecule has 0 bridgehead atoms. The van der Waals surface area contributed by atoms with Gasteiger partial charge in [-0.25, -0.2) is 0 Å². The van der Waals surface area contributed by atoms with Crippen molar-refractivity contribution in [1.82, 2.24) is 4.90 Å². The molecule has 1 fully saturated rings. The van der Waals surface area contributed by atoms with Gasteiger partial charge in [-0.15, -0.1) is 0 Å². The number of benzene rings is 3. The van der Waals surface area contributed by atoms with Crippen LogP contribution in [-0.2, 0) is 24.4 Å². The Morgan fingerprint density at radius 1 is 0.738 bits per heavy atom. The minimum atomic E-state index is -3.66. The number of rotatable bonds is 12. The Hall–Kier alpha value is -3.18. The second-order valence-corrected chi connectivity index (χ2v) is 14.0. The normalized spacial score (nSPS) is 15.5. The summed E-state index contributed by atoms with van der Waals surface area (Å²) in [4.78, 5) is 4.90. The lowest BCUT2D eigenvalue weighted by atomic mass is 9.87. The van der Waals surface area contributed by atoms with Crippen LogP contribution in [0.2, 0.25) is 0 Å². The van der Waals surface area contributed by atoms with Gasteiger partial charge in [0.05, 0.1) is 19.1 Å². The molecule has 0 aliphatic carbocycles.